The Kier molecular flexibility index (Phi) is 3.70. The molecule has 0 N–H and O–H groups in total. The van der Waals surface area contributed by atoms with Gasteiger partial charge in [0.05, 0.1) is 15.6 Å². The molecule has 0 aliphatic rings. The monoisotopic (exact) mass is 264 g/mol. The second-order valence-electron chi connectivity index (χ2n) is 4.31. The molecule has 0 atom stereocenters. The van der Waals surface area contributed by atoms with Crippen molar-refractivity contribution in [3.8, 4) is 0 Å². The Morgan fingerprint density at radius 3 is 2.13 bits per heavy atom. The van der Waals surface area contributed by atoms with Crippen molar-refractivity contribution in [3.63, 3.8) is 0 Å². The number of benzene rings is 1. The smallest absolute Gasteiger partial charge is 0.255 e. The summed E-state index contributed by atoms with van der Waals surface area (Å²) in [7, 11) is 0. The fraction of sp³-hybridized carbons (Fsp3) is 0.364. The first-order valence-corrected chi connectivity index (χ1v) is 5.57. The van der Waals surface area contributed by atoms with E-state index in [0.717, 1.165) is 5.56 Å². The number of hydrogen-bond donors (Lipinski definition) is 0. The third-order valence-corrected chi connectivity index (χ3v) is 2.99. The van der Waals surface area contributed by atoms with Gasteiger partial charge >= 0.3 is 0 Å². The lowest BCUT2D eigenvalue weighted by Gasteiger charge is -2.21. The zero-order chi connectivity index (χ0) is 11.8. The van der Waals surface area contributed by atoms with E-state index in [4.69, 9.17) is 34.8 Å². The van der Waals surface area contributed by atoms with E-state index in [9.17, 15) is 4.79 Å². The Bertz CT molecular complexity index is 405. The molecule has 4 heteroatoms. The van der Waals surface area contributed by atoms with Gasteiger partial charge in [-0.2, -0.15) is 0 Å². The van der Waals surface area contributed by atoms with Crippen molar-refractivity contribution in [1.82, 2.24) is 0 Å². The van der Waals surface area contributed by atoms with Crippen molar-refractivity contribution in [1.29, 1.82) is 0 Å². The van der Waals surface area contributed by atoms with Gasteiger partial charge < -0.3 is 0 Å². The van der Waals surface area contributed by atoms with E-state index in [1.165, 1.54) is 0 Å². The van der Waals surface area contributed by atoms with E-state index in [-0.39, 0.29) is 16.0 Å². The van der Waals surface area contributed by atoms with Gasteiger partial charge in [-0.3, -0.25) is 4.79 Å². The van der Waals surface area contributed by atoms with E-state index in [1.54, 1.807) is 6.07 Å². The van der Waals surface area contributed by atoms with E-state index in [1.807, 2.05) is 26.8 Å². The van der Waals surface area contributed by atoms with Gasteiger partial charge in [-0.25, -0.2) is 0 Å². The highest BCUT2D eigenvalue weighted by atomic mass is 35.5. The summed E-state index contributed by atoms with van der Waals surface area (Å²) in [5.41, 5.74) is 0.896. The summed E-state index contributed by atoms with van der Waals surface area (Å²) in [6, 6.07) is 3.46. The first kappa shape index (κ1) is 12.8. The Hall–Kier alpha value is -0.240. The van der Waals surface area contributed by atoms with Gasteiger partial charge in [0.25, 0.3) is 5.24 Å². The minimum absolute atomic E-state index is 0.150. The van der Waals surface area contributed by atoms with E-state index >= 15 is 0 Å². The van der Waals surface area contributed by atoms with Gasteiger partial charge in [0.2, 0.25) is 0 Å². The summed E-state index contributed by atoms with van der Waals surface area (Å²) in [6.45, 7) is 6.01. The summed E-state index contributed by atoms with van der Waals surface area (Å²) < 4.78 is 0. The van der Waals surface area contributed by atoms with Crippen LogP contribution in [0.4, 0.5) is 0 Å². The van der Waals surface area contributed by atoms with Crippen LogP contribution in [0.5, 0.6) is 0 Å². The predicted molar refractivity (Wildman–Crippen MR) is 65.3 cm³/mol. The van der Waals surface area contributed by atoms with Crippen LogP contribution in [0, 0.1) is 0 Å². The predicted octanol–water partition coefficient (Wildman–Crippen LogP) is 4.67. The second kappa shape index (κ2) is 4.32. The van der Waals surface area contributed by atoms with Gasteiger partial charge in [-0.15, -0.1) is 0 Å². The fourth-order valence-corrected chi connectivity index (χ4v) is 2.43. The number of halogens is 3. The summed E-state index contributed by atoms with van der Waals surface area (Å²) in [5.74, 6) is 0. The van der Waals surface area contributed by atoms with Crippen LogP contribution in [0.2, 0.25) is 10.0 Å². The highest BCUT2D eigenvalue weighted by Gasteiger charge is 2.23. The first-order valence-electron chi connectivity index (χ1n) is 4.43. The molecule has 0 saturated heterocycles. The van der Waals surface area contributed by atoms with Gasteiger partial charge in [-0.05, 0) is 28.6 Å². The summed E-state index contributed by atoms with van der Waals surface area (Å²) >= 11 is 17.4. The lowest BCUT2D eigenvalue weighted by Crippen LogP contribution is -2.13. The van der Waals surface area contributed by atoms with Gasteiger partial charge in [0, 0.05) is 0 Å². The molecule has 1 rings (SSSR count). The van der Waals surface area contributed by atoms with Crippen molar-refractivity contribution >= 4 is 40.0 Å². The lowest BCUT2D eigenvalue weighted by atomic mass is 9.86. The highest BCUT2D eigenvalue weighted by molar-refractivity contribution is 6.70. The van der Waals surface area contributed by atoms with Gasteiger partial charge in [0.15, 0.2) is 0 Å². The molecule has 0 unspecified atom stereocenters. The van der Waals surface area contributed by atoms with E-state index in [0.29, 0.717) is 5.02 Å². The number of carbonyl (C=O) groups is 1. The standard InChI is InChI=1S/C11H11Cl3O/c1-11(2,3)6-4-5-7(12)8(9(6)13)10(14)15/h4-5H,1-3H3. The highest BCUT2D eigenvalue weighted by Crippen LogP contribution is 2.35. The van der Waals surface area contributed by atoms with Gasteiger partial charge in [-0.1, -0.05) is 50.0 Å². The quantitative estimate of drug-likeness (QED) is 0.674. The molecule has 1 aromatic carbocycles. The largest absolute Gasteiger partial charge is 0.275 e. The van der Waals surface area contributed by atoms with Crippen molar-refractivity contribution in [3.05, 3.63) is 33.3 Å². The third-order valence-electron chi connectivity index (χ3n) is 2.10. The second-order valence-corrected chi connectivity index (χ2v) is 5.44. The maximum absolute atomic E-state index is 11.2. The molecule has 0 heterocycles. The summed E-state index contributed by atoms with van der Waals surface area (Å²) in [6.07, 6.45) is 0. The molecule has 1 nitrogen and oxygen atoms in total. The molecule has 0 amide bonds. The molecule has 0 aromatic heterocycles. The molecular weight excluding hydrogens is 254 g/mol. The zero-order valence-electron chi connectivity index (χ0n) is 8.70. The molecular formula is C11H11Cl3O. The minimum Gasteiger partial charge on any atom is -0.275 e. The molecule has 0 spiro atoms. The van der Waals surface area contributed by atoms with Crippen molar-refractivity contribution in [2.75, 3.05) is 0 Å². The topological polar surface area (TPSA) is 17.1 Å². The van der Waals surface area contributed by atoms with E-state index in [2.05, 4.69) is 0 Å². The van der Waals surface area contributed by atoms with Crippen LogP contribution in [0.25, 0.3) is 0 Å². The molecule has 0 bridgehead atoms. The molecule has 0 fully saturated rings. The Morgan fingerprint density at radius 2 is 1.73 bits per heavy atom. The SMILES string of the molecule is CC(C)(C)c1ccc(Cl)c(C(=O)Cl)c1Cl. The Morgan fingerprint density at radius 1 is 1.20 bits per heavy atom. The zero-order valence-corrected chi connectivity index (χ0v) is 11.0. The van der Waals surface area contributed by atoms with E-state index < -0.39 is 5.24 Å². The molecule has 0 radical (unpaired) electrons. The van der Waals surface area contributed by atoms with Crippen LogP contribution >= 0.6 is 34.8 Å². The van der Waals surface area contributed by atoms with Crippen LogP contribution in [0.15, 0.2) is 12.1 Å². The van der Waals surface area contributed by atoms with Crippen molar-refractivity contribution in [2.24, 2.45) is 0 Å². The van der Waals surface area contributed by atoms with Crippen molar-refractivity contribution in [2.45, 2.75) is 26.2 Å². The van der Waals surface area contributed by atoms with Crippen LogP contribution in [0.1, 0.15) is 36.7 Å². The minimum atomic E-state index is -0.629. The van der Waals surface area contributed by atoms with Gasteiger partial charge in [0.1, 0.15) is 0 Å². The molecule has 0 aliphatic carbocycles. The fourth-order valence-electron chi connectivity index (χ4n) is 1.31. The molecule has 0 saturated carbocycles. The van der Waals surface area contributed by atoms with Crippen LogP contribution in [-0.4, -0.2) is 5.24 Å². The number of rotatable bonds is 1. The average Bonchev–Trinajstić information content (AvgIpc) is 2.00. The summed E-state index contributed by atoms with van der Waals surface area (Å²) in [4.78, 5) is 11.2. The number of carbonyl (C=O) groups excluding carboxylic acids is 1. The molecule has 82 valence electrons. The van der Waals surface area contributed by atoms with Crippen LogP contribution in [-0.2, 0) is 5.41 Å². The maximum atomic E-state index is 11.2. The normalized spacial score (nSPS) is 11.6. The summed E-state index contributed by atoms with van der Waals surface area (Å²) in [5, 5.41) is -0.000833. The molecule has 0 aliphatic heterocycles. The lowest BCUT2D eigenvalue weighted by molar-refractivity contribution is 0.108. The Labute approximate surface area is 104 Å². The first-order chi connectivity index (χ1) is 6.75. The van der Waals surface area contributed by atoms with Crippen LogP contribution < -0.4 is 0 Å². The Balaban J connectivity index is 3.49. The molecule has 1 aromatic rings. The maximum Gasteiger partial charge on any atom is 0.255 e. The van der Waals surface area contributed by atoms with Crippen molar-refractivity contribution < 1.29 is 4.79 Å². The third kappa shape index (κ3) is 2.66. The van der Waals surface area contributed by atoms with Crippen LogP contribution in [0.3, 0.4) is 0 Å². The molecule has 15 heavy (non-hydrogen) atoms. The number of hydrogen-bond acceptors (Lipinski definition) is 1. The average molecular weight is 266 g/mol.